The van der Waals surface area contributed by atoms with Crippen LogP contribution in [0.25, 0.3) is 0 Å². The Morgan fingerprint density at radius 3 is 2.11 bits per heavy atom. The van der Waals surface area contributed by atoms with Gasteiger partial charge in [-0.1, -0.05) is 65.2 Å². The number of unbranched alkanes of at least 4 members (excludes halogenated alkanes) is 7. The third-order valence-electron chi connectivity index (χ3n) is 4.16. The zero-order valence-electron chi connectivity index (χ0n) is 12.0. The molecule has 1 saturated heterocycles. The van der Waals surface area contributed by atoms with Crippen molar-refractivity contribution in [2.45, 2.75) is 77.2 Å². The van der Waals surface area contributed by atoms with Gasteiger partial charge in [0, 0.05) is 0 Å². The molecular formula is C15H29NO2. The first kappa shape index (κ1) is 15.5. The molecule has 3 heteroatoms. The number of carbonyl (C=O) groups is 1. The molecule has 1 amide bonds. The van der Waals surface area contributed by atoms with Gasteiger partial charge >= 0.3 is 0 Å². The highest BCUT2D eigenvalue weighted by molar-refractivity contribution is 5.86. The Balaban J connectivity index is 1.96. The summed E-state index contributed by atoms with van der Waals surface area (Å²) in [6, 6.07) is 0. The van der Waals surface area contributed by atoms with Crippen LogP contribution in [0.4, 0.5) is 0 Å². The van der Waals surface area contributed by atoms with Crippen molar-refractivity contribution in [3.8, 4) is 0 Å². The van der Waals surface area contributed by atoms with Crippen LogP contribution in [0, 0.1) is 5.92 Å². The molecule has 2 unspecified atom stereocenters. The Bertz CT molecular complexity index is 249. The van der Waals surface area contributed by atoms with Gasteiger partial charge in [0.2, 0.25) is 0 Å². The van der Waals surface area contributed by atoms with Crippen LogP contribution in [-0.4, -0.2) is 18.1 Å². The number of ether oxygens (including phenoxy) is 1. The van der Waals surface area contributed by atoms with Crippen molar-refractivity contribution in [1.29, 1.82) is 0 Å². The highest BCUT2D eigenvalue weighted by Crippen LogP contribution is 2.37. The smallest absolute Gasteiger partial charge is 0.252 e. The van der Waals surface area contributed by atoms with E-state index in [1.54, 1.807) is 0 Å². The van der Waals surface area contributed by atoms with Crippen LogP contribution < -0.4 is 5.73 Å². The monoisotopic (exact) mass is 255 g/mol. The second-order valence-electron chi connectivity index (χ2n) is 5.71. The van der Waals surface area contributed by atoms with Crippen LogP contribution in [0.5, 0.6) is 0 Å². The van der Waals surface area contributed by atoms with Gasteiger partial charge in [-0.05, 0) is 12.3 Å². The van der Waals surface area contributed by atoms with Crippen molar-refractivity contribution >= 4 is 5.91 Å². The largest absolute Gasteiger partial charge is 0.367 e. The summed E-state index contributed by atoms with van der Waals surface area (Å²) in [5.74, 6) is -0.00958. The number of epoxide rings is 1. The summed E-state index contributed by atoms with van der Waals surface area (Å²) in [6.45, 7) is 4.86. The molecule has 0 aromatic carbocycles. The molecule has 2 N–H and O–H groups in total. The fourth-order valence-electron chi connectivity index (χ4n) is 2.56. The van der Waals surface area contributed by atoms with Crippen molar-refractivity contribution in [3.05, 3.63) is 0 Å². The molecule has 2 atom stereocenters. The van der Waals surface area contributed by atoms with Crippen LogP contribution in [0.2, 0.25) is 0 Å². The maximum Gasteiger partial charge on any atom is 0.252 e. The number of amides is 1. The van der Waals surface area contributed by atoms with Gasteiger partial charge in [0.25, 0.3) is 5.91 Å². The maximum absolute atomic E-state index is 11.3. The predicted octanol–water partition coefficient (Wildman–Crippen LogP) is 3.41. The number of carbonyl (C=O) groups excluding carboxylic acids is 1. The molecule has 0 radical (unpaired) electrons. The van der Waals surface area contributed by atoms with Gasteiger partial charge in [0.15, 0.2) is 5.60 Å². The molecule has 0 aromatic heterocycles. The lowest BCUT2D eigenvalue weighted by molar-refractivity contribution is -0.124. The number of hydrogen-bond acceptors (Lipinski definition) is 2. The minimum Gasteiger partial charge on any atom is -0.367 e. The van der Waals surface area contributed by atoms with Crippen LogP contribution in [-0.2, 0) is 9.53 Å². The molecule has 3 nitrogen and oxygen atoms in total. The fraction of sp³-hybridized carbons (Fsp3) is 0.933. The minimum atomic E-state index is -0.610. The van der Waals surface area contributed by atoms with E-state index in [9.17, 15) is 4.79 Å². The molecule has 0 saturated carbocycles. The van der Waals surface area contributed by atoms with Crippen LogP contribution in [0.3, 0.4) is 0 Å². The summed E-state index contributed by atoms with van der Waals surface area (Å²) >= 11 is 0. The average Bonchev–Trinajstić information content (AvgIpc) is 3.13. The van der Waals surface area contributed by atoms with E-state index >= 15 is 0 Å². The SMILES string of the molecule is CCCCCCCCCCC(C)C1(C(N)=O)CO1. The third-order valence-corrected chi connectivity index (χ3v) is 4.16. The molecule has 18 heavy (non-hydrogen) atoms. The Hall–Kier alpha value is -0.570. The lowest BCUT2D eigenvalue weighted by Crippen LogP contribution is -2.37. The molecule has 106 valence electrons. The van der Waals surface area contributed by atoms with Gasteiger partial charge in [-0.15, -0.1) is 0 Å². The molecule has 0 bridgehead atoms. The van der Waals surface area contributed by atoms with E-state index in [4.69, 9.17) is 10.5 Å². The molecule has 1 rings (SSSR count). The second-order valence-corrected chi connectivity index (χ2v) is 5.71. The topological polar surface area (TPSA) is 55.6 Å². The van der Waals surface area contributed by atoms with E-state index in [2.05, 4.69) is 13.8 Å². The Kier molecular flexibility index (Phi) is 6.69. The number of hydrogen-bond donors (Lipinski definition) is 1. The average molecular weight is 255 g/mol. The number of nitrogens with two attached hydrogens (primary N) is 1. The van der Waals surface area contributed by atoms with E-state index < -0.39 is 5.60 Å². The zero-order valence-corrected chi connectivity index (χ0v) is 12.0. The van der Waals surface area contributed by atoms with Crippen molar-refractivity contribution in [2.75, 3.05) is 6.61 Å². The van der Waals surface area contributed by atoms with Gasteiger partial charge in [0.1, 0.15) is 0 Å². The third kappa shape index (κ3) is 4.60. The summed E-state index contributed by atoms with van der Waals surface area (Å²) in [5, 5.41) is 0. The fourth-order valence-corrected chi connectivity index (χ4v) is 2.56. The van der Waals surface area contributed by atoms with Crippen molar-refractivity contribution in [3.63, 3.8) is 0 Å². The van der Waals surface area contributed by atoms with Crippen LogP contribution in [0.15, 0.2) is 0 Å². The van der Waals surface area contributed by atoms with Gasteiger partial charge in [-0.25, -0.2) is 0 Å². The zero-order chi connectivity index (χ0) is 13.4. The lowest BCUT2D eigenvalue weighted by Gasteiger charge is -2.16. The van der Waals surface area contributed by atoms with Gasteiger partial charge in [-0.3, -0.25) is 4.79 Å². The van der Waals surface area contributed by atoms with Crippen molar-refractivity contribution < 1.29 is 9.53 Å². The quantitative estimate of drug-likeness (QED) is 0.454. The normalized spacial score (nSPS) is 23.9. The molecule has 0 spiro atoms. The van der Waals surface area contributed by atoms with Crippen molar-refractivity contribution in [2.24, 2.45) is 11.7 Å². The molecule has 1 aliphatic rings. The molecule has 1 heterocycles. The molecule has 1 fully saturated rings. The van der Waals surface area contributed by atoms with E-state index in [1.807, 2.05) is 0 Å². The lowest BCUT2D eigenvalue weighted by atomic mass is 9.89. The van der Waals surface area contributed by atoms with E-state index in [0.29, 0.717) is 6.61 Å². The Labute approximate surface area is 111 Å². The summed E-state index contributed by atoms with van der Waals surface area (Å²) in [4.78, 5) is 11.3. The summed E-state index contributed by atoms with van der Waals surface area (Å²) < 4.78 is 5.27. The Morgan fingerprint density at radius 2 is 1.67 bits per heavy atom. The molecule has 0 aliphatic carbocycles. The highest BCUT2D eigenvalue weighted by Gasteiger charge is 2.54. The first-order chi connectivity index (χ1) is 8.63. The number of rotatable bonds is 11. The highest BCUT2D eigenvalue weighted by atomic mass is 16.6. The number of primary amides is 1. The van der Waals surface area contributed by atoms with Gasteiger partial charge in [-0.2, -0.15) is 0 Å². The summed E-state index contributed by atoms with van der Waals surface area (Å²) in [7, 11) is 0. The summed E-state index contributed by atoms with van der Waals surface area (Å²) in [5.41, 5.74) is 4.76. The van der Waals surface area contributed by atoms with E-state index in [1.165, 1.54) is 51.4 Å². The first-order valence-corrected chi connectivity index (χ1v) is 7.57. The van der Waals surface area contributed by atoms with Gasteiger partial charge in [0.05, 0.1) is 6.61 Å². The summed E-state index contributed by atoms with van der Waals surface area (Å²) in [6.07, 6.45) is 11.6. The maximum atomic E-state index is 11.3. The van der Waals surface area contributed by atoms with E-state index in [0.717, 1.165) is 6.42 Å². The minimum absolute atomic E-state index is 0.273. The molecular weight excluding hydrogens is 226 g/mol. The van der Waals surface area contributed by atoms with Gasteiger partial charge < -0.3 is 10.5 Å². The standard InChI is InChI=1S/C15H29NO2/c1-3-4-5-6-7-8-9-10-11-13(2)15(12-18-15)14(16)17/h13H,3-12H2,1-2H3,(H2,16,17). The Morgan fingerprint density at radius 1 is 1.17 bits per heavy atom. The van der Waals surface area contributed by atoms with E-state index in [-0.39, 0.29) is 11.8 Å². The first-order valence-electron chi connectivity index (χ1n) is 7.57. The van der Waals surface area contributed by atoms with Crippen molar-refractivity contribution in [1.82, 2.24) is 0 Å². The second kappa shape index (κ2) is 7.78. The molecule has 0 aromatic rings. The predicted molar refractivity (Wildman–Crippen MR) is 74.3 cm³/mol. The van der Waals surface area contributed by atoms with Crippen LogP contribution in [0.1, 0.15) is 71.6 Å². The molecule has 1 aliphatic heterocycles. The van der Waals surface area contributed by atoms with Crippen LogP contribution >= 0.6 is 0 Å².